The van der Waals surface area contributed by atoms with Crippen molar-refractivity contribution in [2.75, 3.05) is 11.5 Å². The maximum Gasteiger partial charge on any atom is 0.131 e. The van der Waals surface area contributed by atoms with Gasteiger partial charge in [0, 0.05) is 41.7 Å². The molecule has 0 saturated heterocycles. The van der Waals surface area contributed by atoms with Crippen molar-refractivity contribution in [2.45, 2.75) is 0 Å². The second-order valence-electron chi connectivity index (χ2n) is 11.1. The molecule has 0 radical (unpaired) electrons. The Morgan fingerprint density at radius 3 is 0.600 bits per heavy atom. The number of hydrogen-bond acceptors (Lipinski definition) is 8. The number of benzene rings is 7. The highest BCUT2D eigenvalue weighted by molar-refractivity contribution is 5.48. The van der Waals surface area contributed by atoms with Gasteiger partial charge in [0.25, 0.3) is 0 Å². The molecule has 0 unspecified atom stereocenters. The molecule has 0 aliphatic heterocycles. The summed E-state index contributed by atoms with van der Waals surface area (Å²) in [5.74, 6) is 7.52. The molecule has 0 bridgehead atoms. The first-order chi connectivity index (χ1) is 24.5. The third kappa shape index (κ3) is 8.64. The van der Waals surface area contributed by atoms with Crippen LogP contribution in [-0.2, 0) is 0 Å². The molecule has 0 aliphatic carbocycles. The Labute approximate surface area is 289 Å². The Morgan fingerprint density at radius 1 is 0.220 bits per heavy atom. The first-order valence-electron chi connectivity index (χ1n) is 15.8. The van der Waals surface area contributed by atoms with E-state index in [1.807, 2.05) is 146 Å². The van der Waals surface area contributed by atoms with E-state index in [0.29, 0.717) is 80.4 Å². The van der Waals surface area contributed by atoms with Gasteiger partial charge in [0.1, 0.15) is 69.0 Å². The summed E-state index contributed by atoms with van der Waals surface area (Å²) in [5.41, 5.74) is 12.9. The largest absolute Gasteiger partial charge is 0.457 e. The van der Waals surface area contributed by atoms with Gasteiger partial charge < -0.3 is 39.9 Å². The molecule has 0 saturated carbocycles. The summed E-state index contributed by atoms with van der Waals surface area (Å²) < 4.78 is 36.5. The Morgan fingerprint density at radius 2 is 0.400 bits per heavy atom. The first-order valence-corrected chi connectivity index (χ1v) is 15.8. The maximum atomic E-state index is 6.17. The molecule has 50 heavy (non-hydrogen) atoms. The Bertz CT molecular complexity index is 2050. The van der Waals surface area contributed by atoms with Crippen LogP contribution in [0.15, 0.2) is 170 Å². The van der Waals surface area contributed by atoms with E-state index >= 15 is 0 Å². The monoisotopic (exact) mass is 660 g/mol. The SMILES string of the molecule is Nc1ccc(Oc2cccc(Oc3cccc(Oc4cccc(Oc5cccc(Oc6cccc(Oc7ccc(N)cc7)c6)c5)c4)c3)c2)cc1. The van der Waals surface area contributed by atoms with Gasteiger partial charge in [0.15, 0.2) is 0 Å². The van der Waals surface area contributed by atoms with Gasteiger partial charge >= 0.3 is 0 Å². The van der Waals surface area contributed by atoms with E-state index in [-0.39, 0.29) is 0 Å². The van der Waals surface area contributed by atoms with Crippen LogP contribution in [0.4, 0.5) is 11.4 Å². The number of nitrogens with two attached hydrogens (primary N) is 2. The summed E-state index contributed by atoms with van der Waals surface area (Å²) in [5, 5.41) is 0. The van der Waals surface area contributed by atoms with Crippen molar-refractivity contribution in [3.05, 3.63) is 170 Å². The lowest BCUT2D eigenvalue weighted by Crippen LogP contribution is -1.90. The molecule has 0 heterocycles. The van der Waals surface area contributed by atoms with Crippen molar-refractivity contribution in [1.82, 2.24) is 0 Å². The van der Waals surface area contributed by atoms with Crippen LogP contribution in [0, 0.1) is 0 Å². The predicted molar refractivity (Wildman–Crippen MR) is 194 cm³/mol. The zero-order chi connectivity index (χ0) is 34.1. The van der Waals surface area contributed by atoms with Crippen molar-refractivity contribution in [3.63, 3.8) is 0 Å². The topological polar surface area (TPSA) is 107 Å². The minimum absolute atomic E-state index is 0.601. The van der Waals surface area contributed by atoms with Gasteiger partial charge in [-0.1, -0.05) is 30.3 Å². The van der Waals surface area contributed by atoms with Crippen LogP contribution >= 0.6 is 0 Å². The average Bonchev–Trinajstić information content (AvgIpc) is 3.11. The normalized spacial score (nSPS) is 10.6. The zero-order valence-corrected chi connectivity index (χ0v) is 26.8. The van der Waals surface area contributed by atoms with Crippen molar-refractivity contribution in [1.29, 1.82) is 0 Å². The van der Waals surface area contributed by atoms with E-state index in [9.17, 15) is 0 Å². The molecule has 0 fully saturated rings. The van der Waals surface area contributed by atoms with Gasteiger partial charge in [-0.25, -0.2) is 0 Å². The highest BCUT2D eigenvalue weighted by Gasteiger charge is 2.08. The summed E-state index contributed by atoms with van der Waals surface area (Å²) in [7, 11) is 0. The van der Waals surface area contributed by atoms with E-state index in [2.05, 4.69) is 0 Å². The fourth-order valence-corrected chi connectivity index (χ4v) is 4.89. The minimum Gasteiger partial charge on any atom is -0.457 e. The molecular formula is C42H32N2O6. The highest BCUT2D eigenvalue weighted by Crippen LogP contribution is 2.35. The van der Waals surface area contributed by atoms with Crippen LogP contribution in [0.2, 0.25) is 0 Å². The van der Waals surface area contributed by atoms with E-state index in [0.717, 1.165) is 0 Å². The van der Waals surface area contributed by atoms with Gasteiger partial charge in [-0.15, -0.1) is 0 Å². The van der Waals surface area contributed by atoms with Gasteiger partial charge in [0.05, 0.1) is 0 Å². The molecule has 8 nitrogen and oxygen atoms in total. The molecule has 7 aromatic rings. The van der Waals surface area contributed by atoms with E-state index in [4.69, 9.17) is 39.9 Å². The standard InChI is InChI=1S/C42H32N2O6/c43-29-16-20-31(21-17-29)45-33-6-1-8-35(24-33)47-37-10-3-12-39(26-37)49-41-14-5-15-42(28-41)50-40-13-4-11-38(27-40)48-36-9-2-7-34(25-36)46-32-22-18-30(44)19-23-32/h1-28H,43-44H2. The first kappa shape index (κ1) is 31.5. The highest BCUT2D eigenvalue weighted by atomic mass is 16.5. The van der Waals surface area contributed by atoms with Gasteiger partial charge in [-0.05, 0) is 109 Å². The minimum atomic E-state index is 0.601. The van der Waals surface area contributed by atoms with Crippen LogP contribution in [0.3, 0.4) is 0 Å². The lowest BCUT2D eigenvalue weighted by Gasteiger charge is -2.12. The quantitative estimate of drug-likeness (QED) is 0.125. The average molecular weight is 661 g/mol. The van der Waals surface area contributed by atoms with Crippen LogP contribution in [0.25, 0.3) is 0 Å². The Kier molecular flexibility index (Phi) is 9.33. The maximum absolute atomic E-state index is 6.17. The second kappa shape index (κ2) is 14.8. The molecule has 7 rings (SSSR count). The number of rotatable bonds is 12. The van der Waals surface area contributed by atoms with Crippen LogP contribution < -0.4 is 39.9 Å². The molecule has 0 aromatic heterocycles. The van der Waals surface area contributed by atoms with E-state index in [1.54, 1.807) is 24.3 Å². The number of anilines is 2. The summed E-state index contributed by atoms with van der Waals surface area (Å²) in [4.78, 5) is 0. The molecule has 0 amide bonds. The predicted octanol–water partition coefficient (Wildman–Crippen LogP) is 11.6. The van der Waals surface area contributed by atoms with Crippen molar-refractivity contribution < 1.29 is 28.4 Å². The lowest BCUT2D eigenvalue weighted by atomic mass is 10.3. The van der Waals surface area contributed by atoms with Crippen molar-refractivity contribution in [2.24, 2.45) is 0 Å². The van der Waals surface area contributed by atoms with Crippen LogP contribution in [0.1, 0.15) is 0 Å². The van der Waals surface area contributed by atoms with Gasteiger partial charge in [0.2, 0.25) is 0 Å². The van der Waals surface area contributed by atoms with Gasteiger partial charge in [-0.3, -0.25) is 0 Å². The Balaban J connectivity index is 0.974. The molecular weight excluding hydrogens is 628 g/mol. The van der Waals surface area contributed by atoms with Crippen molar-refractivity contribution >= 4 is 11.4 Å². The fourth-order valence-electron chi connectivity index (χ4n) is 4.89. The fraction of sp³-hybridized carbons (Fsp3) is 0. The summed E-state index contributed by atoms with van der Waals surface area (Å²) in [6.07, 6.45) is 0. The third-order valence-electron chi connectivity index (χ3n) is 7.20. The van der Waals surface area contributed by atoms with Crippen LogP contribution in [-0.4, -0.2) is 0 Å². The van der Waals surface area contributed by atoms with Crippen molar-refractivity contribution in [3.8, 4) is 69.0 Å². The lowest BCUT2D eigenvalue weighted by molar-refractivity contribution is 0.444. The number of ether oxygens (including phenoxy) is 6. The molecule has 0 aliphatic rings. The second-order valence-corrected chi connectivity index (χ2v) is 11.1. The molecule has 7 aromatic carbocycles. The molecule has 246 valence electrons. The number of hydrogen-bond donors (Lipinski definition) is 2. The Hall–Kier alpha value is -7.06. The molecule has 8 heteroatoms. The summed E-state index contributed by atoms with van der Waals surface area (Å²) >= 11 is 0. The number of nitrogen functional groups attached to an aromatic ring is 2. The van der Waals surface area contributed by atoms with E-state index in [1.165, 1.54) is 0 Å². The van der Waals surface area contributed by atoms with Crippen LogP contribution in [0.5, 0.6) is 69.0 Å². The molecule has 0 spiro atoms. The molecule has 4 N–H and O–H groups in total. The third-order valence-corrected chi connectivity index (χ3v) is 7.20. The summed E-state index contributed by atoms with van der Waals surface area (Å²) in [6, 6.07) is 51.4. The van der Waals surface area contributed by atoms with E-state index < -0.39 is 0 Å². The smallest absolute Gasteiger partial charge is 0.131 e. The summed E-state index contributed by atoms with van der Waals surface area (Å²) in [6.45, 7) is 0. The van der Waals surface area contributed by atoms with Gasteiger partial charge in [-0.2, -0.15) is 0 Å². The molecule has 0 atom stereocenters. The zero-order valence-electron chi connectivity index (χ0n) is 26.8.